The van der Waals surface area contributed by atoms with Crippen molar-refractivity contribution in [3.05, 3.63) is 34.6 Å². The molecule has 100 valence electrons. The number of hydrogen-bond acceptors (Lipinski definition) is 4. The summed E-state index contributed by atoms with van der Waals surface area (Å²) in [6.45, 7) is 2.79. The summed E-state index contributed by atoms with van der Waals surface area (Å²) in [6.07, 6.45) is 1.13. The van der Waals surface area contributed by atoms with Crippen molar-refractivity contribution >= 4 is 23.3 Å². The van der Waals surface area contributed by atoms with Crippen LogP contribution in [0.2, 0.25) is 0 Å². The van der Waals surface area contributed by atoms with E-state index in [4.69, 9.17) is 9.90 Å². The number of rotatable bonds is 1. The molecule has 0 unspecified atom stereocenters. The number of nitrogens with zero attached hydrogens (tertiary/aromatic N) is 2. The van der Waals surface area contributed by atoms with Gasteiger partial charge in [-0.2, -0.15) is 0 Å². The molecule has 0 bridgehead atoms. The van der Waals surface area contributed by atoms with E-state index in [0.29, 0.717) is 11.9 Å². The molecule has 6 heteroatoms. The molecule has 0 spiro atoms. The van der Waals surface area contributed by atoms with Crippen molar-refractivity contribution in [3.8, 4) is 0 Å². The summed E-state index contributed by atoms with van der Waals surface area (Å²) in [5.41, 5.74) is 1.55. The molecule has 1 aliphatic heterocycles. The monoisotopic (exact) mass is 261 g/mol. The van der Waals surface area contributed by atoms with Crippen LogP contribution in [-0.2, 0) is 4.79 Å². The van der Waals surface area contributed by atoms with Crippen molar-refractivity contribution in [1.82, 2.24) is 9.97 Å². The Balaban J connectivity index is 0.000000408. The predicted octanol–water partition coefficient (Wildman–Crippen LogP) is 1.22. The van der Waals surface area contributed by atoms with Gasteiger partial charge in [0.1, 0.15) is 0 Å². The van der Waals surface area contributed by atoms with Crippen LogP contribution in [0.4, 0.5) is 5.82 Å². The number of aromatic amines is 1. The molecule has 1 aromatic carbocycles. The van der Waals surface area contributed by atoms with Gasteiger partial charge in [-0.3, -0.25) is 9.59 Å². The largest absolute Gasteiger partial charge is 0.483 e. The summed E-state index contributed by atoms with van der Waals surface area (Å²) in [5.74, 6) is 0.553. The quantitative estimate of drug-likeness (QED) is 0.754. The minimum Gasteiger partial charge on any atom is -0.483 e. The number of aromatic nitrogens is 2. The summed E-state index contributed by atoms with van der Waals surface area (Å²) in [6, 6.07) is 8.03. The van der Waals surface area contributed by atoms with E-state index in [9.17, 15) is 4.79 Å². The van der Waals surface area contributed by atoms with Crippen LogP contribution < -0.4 is 10.5 Å². The number of carboxylic acid groups (broad SMARTS) is 1. The molecule has 1 atom stereocenters. The van der Waals surface area contributed by atoms with Crippen LogP contribution >= 0.6 is 0 Å². The second-order valence-corrected chi connectivity index (χ2v) is 4.34. The Bertz CT molecular complexity index is 638. The van der Waals surface area contributed by atoms with Gasteiger partial charge in [0.2, 0.25) is 0 Å². The average Bonchev–Trinajstić information content (AvgIpc) is 2.39. The van der Waals surface area contributed by atoms with E-state index in [-0.39, 0.29) is 12.0 Å². The van der Waals surface area contributed by atoms with E-state index < -0.39 is 0 Å². The van der Waals surface area contributed by atoms with Crippen molar-refractivity contribution < 1.29 is 9.90 Å². The highest BCUT2D eigenvalue weighted by molar-refractivity contribution is 5.75. The topological polar surface area (TPSA) is 86.3 Å². The van der Waals surface area contributed by atoms with Gasteiger partial charge in [-0.1, -0.05) is 12.1 Å². The maximum Gasteiger partial charge on any atom is 0.291 e. The molecular formula is C13H15N3O3. The predicted molar refractivity (Wildman–Crippen MR) is 72.5 cm³/mol. The fraction of sp³-hybridized carbons (Fsp3) is 0.308. The van der Waals surface area contributed by atoms with Gasteiger partial charge in [0.15, 0.2) is 5.82 Å². The normalized spacial score (nSPS) is 17.3. The third-order valence-corrected chi connectivity index (χ3v) is 3.17. The summed E-state index contributed by atoms with van der Waals surface area (Å²) < 4.78 is 0. The number of nitrogens with one attached hydrogen (secondary N) is 1. The first-order valence-electron chi connectivity index (χ1n) is 6.01. The molecule has 1 saturated heterocycles. The molecule has 6 nitrogen and oxygen atoms in total. The zero-order valence-electron chi connectivity index (χ0n) is 10.5. The lowest BCUT2D eigenvalue weighted by molar-refractivity contribution is -0.122. The van der Waals surface area contributed by atoms with E-state index >= 15 is 0 Å². The third-order valence-electron chi connectivity index (χ3n) is 3.17. The van der Waals surface area contributed by atoms with E-state index in [1.165, 1.54) is 0 Å². The van der Waals surface area contributed by atoms with Crippen molar-refractivity contribution in [2.45, 2.75) is 19.4 Å². The molecule has 2 heterocycles. The van der Waals surface area contributed by atoms with Crippen molar-refractivity contribution in [1.29, 1.82) is 0 Å². The molecule has 1 aromatic heterocycles. The van der Waals surface area contributed by atoms with Crippen LogP contribution in [-0.4, -0.2) is 34.1 Å². The fourth-order valence-electron chi connectivity index (χ4n) is 2.05. The van der Waals surface area contributed by atoms with Crippen LogP contribution in [0.3, 0.4) is 0 Å². The summed E-state index contributed by atoms with van der Waals surface area (Å²) in [4.78, 5) is 29.6. The maximum absolute atomic E-state index is 11.9. The minimum absolute atomic E-state index is 0.0924. The van der Waals surface area contributed by atoms with Crippen LogP contribution in [0, 0.1) is 0 Å². The lowest BCUT2D eigenvalue weighted by Crippen LogP contribution is -2.48. The molecule has 0 amide bonds. The highest BCUT2D eigenvalue weighted by Gasteiger charge is 2.27. The zero-order chi connectivity index (χ0) is 13.8. The highest BCUT2D eigenvalue weighted by atomic mass is 16.3. The van der Waals surface area contributed by atoms with E-state index in [1.807, 2.05) is 29.2 Å². The van der Waals surface area contributed by atoms with E-state index in [0.717, 1.165) is 24.0 Å². The lowest BCUT2D eigenvalue weighted by atomic mass is 10.1. The number of anilines is 1. The Labute approximate surface area is 109 Å². The van der Waals surface area contributed by atoms with Crippen LogP contribution in [0.15, 0.2) is 29.1 Å². The Morgan fingerprint density at radius 1 is 1.47 bits per heavy atom. The number of H-pyrrole nitrogens is 1. The van der Waals surface area contributed by atoms with Gasteiger partial charge in [0, 0.05) is 12.6 Å². The Kier molecular flexibility index (Phi) is 3.79. The summed E-state index contributed by atoms with van der Waals surface area (Å²) in [7, 11) is 0. The SMILES string of the molecule is C[C@H]1CCN1c1nc2ccccc2[nH]c1=O.O=CO. The maximum atomic E-state index is 11.9. The number of benzene rings is 1. The standard InChI is InChI=1S/C12H13N3O.CH2O2/c1-8-6-7-15(8)11-12(16)14-10-5-3-2-4-9(10)13-11;2-1-3/h2-5,8H,6-7H2,1H3,(H,14,16);1H,(H,2,3)/t8-;/m0./s1. The molecule has 1 aliphatic rings. The van der Waals surface area contributed by atoms with Crippen LogP contribution in [0.1, 0.15) is 13.3 Å². The summed E-state index contributed by atoms with van der Waals surface area (Å²) in [5, 5.41) is 6.89. The first kappa shape index (κ1) is 13.1. The molecule has 1 fully saturated rings. The number of carbonyl (C=O) groups is 1. The number of para-hydroxylation sites is 2. The Morgan fingerprint density at radius 2 is 2.16 bits per heavy atom. The summed E-state index contributed by atoms with van der Waals surface area (Å²) >= 11 is 0. The second kappa shape index (κ2) is 5.51. The minimum atomic E-state index is -0.250. The van der Waals surface area contributed by atoms with Crippen molar-refractivity contribution in [3.63, 3.8) is 0 Å². The number of fused-ring (bicyclic) bond motifs is 1. The van der Waals surface area contributed by atoms with Gasteiger partial charge in [-0.25, -0.2) is 4.98 Å². The van der Waals surface area contributed by atoms with Gasteiger partial charge in [0.25, 0.3) is 12.0 Å². The van der Waals surface area contributed by atoms with Gasteiger partial charge in [-0.05, 0) is 25.5 Å². The third kappa shape index (κ3) is 2.57. The Hall–Kier alpha value is -2.37. The molecule has 0 aliphatic carbocycles. The smallest absolute Gasteiger partial charge is 0.291 e. The van der Waals surface area contributed by atoms with Gasteiger partial charge in [-0.15, -0.1) is 0 Å². The van der Waals surface area contributed by atoms with Gasteiger partial charge in [0.05, 0.1) is 11.0 Å². The molecule has 0 radical (unpaired) electrons. The second-order valence-electron chi connectivity index (χ2n) is 4.34. The number of hydrogen-bond donors (Lipinski definition) is 2. The molecule has 2 aromatic rings. The average molecular weight is 261 g/mol. The molecule has 19 heavy (non-hydrogen) atoms. The van der Waals surface area contributed by atoms with Crippen LogP contribution in [0.5, 0.6) is 0 Å². The lowest BCUT2D eigenvalue weighted by Gasteiger charge is -2.38. The van der Waals surface area contributed by atoms with Gasteiger partial charge >= 0.3 is 0 Å². The van der Waals surface area contributed by atoms with Crippen LogP contribution in [0.25, 0.3) is 11.0 Å². The fourth-order valence-corrected chi connectivity index (χ4v) is 2.05. The van der Waals surface area contributed by atoms with E-state index in [1.54, 1.807) is 0 Å². The first-order chi connectivity index (χ1) is 9.17. The highest BCUT2D eigenvalue weighted by Crippen LogP contribution is 2.22. The van der Waals surface area contributed by atoms with E-state index in [2.05, 4.69) is 16.9 Å². The van der Waals surface area contributed by atoms with Crippen molar-refractivity contribution in [2.24, 2.45) is 0 Å². The van der Waals surface area contributed by atoms with Crippen molar-refractivity contribution in [2.75, 3.05) is 11.4 Å². The molecule has 0 saturated carbocycles. The molecule has 2 N–H and O–H groups in total. The zero-order valence-corrected chi connectivity index (χ0v) is 10.5. The van der Waals surface area contributed by atoms with Gasteiger partial charge < -0.3 is 15.0 Å². The molecular weight excluding hydrogens is 246 g/mol. The first-order valence-corrected chi connectivity index (χ1v) is 6.01. The Morgan fingerprint density at radius 3 is 2.74 bits per heavy atom. The molecule has 3 rings (SSSR count).